The second kappa shape index (κ2) is 10.1. The fourth-order valence-electron chi connectivity index (χ4n) is 5.43. The average Bonchev–Trinajstić information content (AvgIpc) is 2.92. The first-order valence-corrected chi connectivity index (χ1v) is 12.5. The van der Waals surface area contributed by atoms with Crippen molar-refractivity contribution in [3.8, 4) is 5.75 Å². The summed E-state index contributed by atoms with van der Waals surface area (Å²) in [5.41, 5.74) is 1.78. The van der Waals surface area contributed by atoms with Crippen molar-refractivity contribution in [2.45, 2.75) is 17.9 Å². The Bertz CT molecular complexity index is 1470. The number of aliphatic hydroxyl groups is 1. The van der Waals surface area contributed by atoms with E-state index in [9.17, 15) is 5.11 Å². The number of ether oxygens (including phenoxy) is 1. The van der Waals surface area contributed by atoms with Gasteiger partial charge in [-0.2, -0.15) is 0 Å². The highest BCUT2D eigenvalue weighted by Crippen LogP contribution is 2.49. The molecular formula is C33H33NO2. The molecule has 36 heavy (non-hydrogen) atoms. The van der Waals surface area contributed by atoms with Crippen LogP contribution >= 0.6 is 0 Å². The molecule has 3 heteroatoms. The third-order valence-corrected chi connectivity index (χ3v) is 7.22. The Morgan fingerprint density at radius 3 is 2.06 bits per heavy atom. The number of methoxy groups -OCH3 is 1. The number of fused-ring (bicyclic) bond motifs is 2. The maximum absolute atomic E-state index is 13.0. The second-order valence-electron chi connectivity index (χ2n) is 9.79. The minimum absolute atomic E-state index is 0.344. The molecule has 1 N–H and O–H groups in total. The van der Waals surface area contributed by atoms with Crippen molar-refractivity contribution < 1.29 is 9.84 Å². The Kier molecular flexibility index (Phi) is 6.77. The molecule has 0 spiro atoms. The van der Waals surface area contributed by atoms with Crippen molar-refractivity contribution in [3.63, 3.8) is 0 Å². The standard InChI is InChI=1S/C33H33NO2/c1-34(2)21-20-33(35,30-19-11-17-24-12-9-10-18-28(24)30)32(25-13-5-4-6-14-25)29-22-26-15-7-8-16-27(26)23-31(29)36-3/h4-19,22-23,32,35H,20-21H2,1-3H3/t32-,33+/m1/s1. The molecule has 0 bridgehead atoms. The Balaban J connectivity index is 1.83. The number of benzene rings is 5. The highest BCUT2D eigenvalue weighted by atomic mass is 16.5. The molecule has 0 radical (unpaired) electrons. The molecule has 0 saturated heterocycles. The first-order chi connectivity index (χ1) is 17.5. The van der Waals surface area contributed by atoms with Crippen molar-refractivity contribution in [2.24, 2.45) is 0 Å². The number of hydrogen-bond donors (Lipinski definition) is 1. The molecule has 0 aliphatic carbocycles. The van der Waals surface area contributed by atoms with Gasteiger partial charge in [0.25, 0.3) is 0 Å². The first kappa shape index (κ1) is 24.1. The zero-order valence-electron chi connectivity index (χ0n) is 21.2. The zero-order valence-corrected chi connectivity index (χ0v) is 21.2. The van der Waals surface area contributed by atoms with Crippen LogP contribution in [0.4, 0.5) is 0 Å². The quantitative estimate of drug-likeness (QED) is 0.263. The van der Waals surface area contributed by atoms with Gasteiger partial charge in [0.15, 0.2) is 0 Å². The molecule has 5 rings (SSSR count). The molecule has 0 aliphatic rings. The predicted molar refractivity (Wildman–Crippen MR) is 150 cm³/mol. The summed E-state index contributed by atoms with van der Waals surface area (Å²) in [4.78, 5) is 2.13. The van der Waals surface area contributed by atoms with Crippen LogP contribution in [0, 0.1) is 0 Å². The lowest BCUT2D eigenvalue weighted by Crippen LogP contribution is -2.38. The van der Waals surface area contributed by atoms with Crippen LogP contribution in [0.1, 0.15) is 29.0 Å². The summed E-state index contributed by atoms with van der Waals surface area (Å²) in [6.45, 7) is 0.735. The minimum atomic E-state index is -1.19. The lowest BCUT2D eigenvalue weighted by molar-refractivity contribution is 0.00534. The van der Waals surface area contributed by atoms with Crippen LogP contribution in [0.15, 0.2) is 109 Å². The molecule has 182 valence electrons. The topological polar surface area (TPSA) is 32.7 Å². The van der Waals surface area contributed by atoms with Gasteiger partial charge in [0.05, 0.1) is 7.11 Å². The molecule has 0 fully saturated rings. The summed E-state index contributed by atoms with van der Waals surface area (Å²) in [7, 11) is 5.82. The fourth-order valence-corrected chi connectivity index (χ4v) is 5.43. The van der Waals surface area contributed by atoms with Gasteiger partial charge in [0.2, 0.25) is 0 Å². The number of nitrogens with zero attached hydrogens (tertiary/aromatic N) is 1. The fraction of sp³-hybridized carbons (Fsp3) is 0.212. The summed E-state index contributed by atoms with van der Waals surface area (Å²) in [6, 6.07) is 37.5. The van der Waals surface area contributed by atoms with Crippen molar-refractivity contribution in [1.29, 1.82) is 0 Å². The van der Waals surface area contributed by atoms with Crippen LogP contribution < -0.4 is 4.74 Å². The summed E-state index contributed by atoms with van der Waals surface area (Å²) in [6.07, 6.45) is 0.559. The number of rotatable bonds is 8. The molecule has 0 heterocycles. The van der Waals surface area contributed by atoms with Crippen molar-refractivity contribution in [3.05, 3.63) is 126 Å². The van der Waals surface area contributed by atoms with E-state index in [1.54, 1.807) is 7.11 Å². The van der Waals surface area contributed by atoms with Crippen LogP contribution in [-0.4, -0.2) is 37.8 Å². The maximum atomic E-state index is 13.0. The van der Waals surface area contributed by atoms with Crippen LogP contribution in [0.25, 0.3) is 21.5 Å². The predicted octanol–water partition coefficient (Wildman–Crippen LogP) is 6.97. The lowest BCUT2D eigenvalue weighted by atomic mass is 9.70. The van der Waals surface area contributed by atoms with E-state index in [1.165, 1.54) is 0 Å². The smallest absolute Gasteiger partial charge is 0.123 e. The van der Waals surface area contributed by atoms with E-state index < -0.39 is 5.60 Å². The van der Waals surface area contributed by atoms with Crippen LogP contribution in [-0.2, 0) is 5.60 Å². The molecule has 0 amide bonds. The third kappa shape index (κ3) is 4.48. The van der Waals surface area contributed by atoms with Gasteiger partial charge in [0, 0.05) is 18.0 Å². The van der Waals surface area contributed by atoms with Gasteiger partial charge in [-0.05, 0) is 65.3 Å². The van der Waals surface area contributed by atoms with E-state index in [0.717, 1.165) is 50.5 Å². The summed E-state index contributed by atoms with van der Waals surface area (Å²) in [5, 5.41) is 17.4. The van der Waals surface area contributed by atoms with Crippen LogP contribution in [0.5, 0.6) is 5.75 Å². The second-order valence-corrected chi connectivity index (χ2v) is 9.79. The van der Waals surface area contributed by atoms with Gasteiger partial charge in [-0.25, -0.2) is 0 Å². The van der Waals surface area contributed by atoms with E-state index >= 15 is 0 Å². The third-order valence-electron chi connectivity index (χ3n) is 7.22. The summed E-state index contributed by atoms with van der Waals surface area (Å²) in [5.74, 6) is 0.440. The van der Waals surface area contributed by atoms with E-state index in [0.29, 0.717) is 6.42 Å². The minimum Gasteiger partial charge on any atom is -0.496 e. The molecule has 0 aliphatic heterocycles. The molecule has 0 saturated carbocycles. The first-order valence-electron chi connectivity index (χ1n) is 12.5. The SMILES string of the molecule is COc1cc2ccccc2cc1[C@@H](c1ccccc1)[C@](O)(CCN(C)C)c1cccc2ccccc12. The van der Waals surface area contributed by atoms with Gasteiger partial charge < -0.3 is 14.7 Å². The summed E-state index contributed by atoms with van der Waals surface area (Å²) >= 11 is 0. The Hall–Kier alpha value is -3.66. The van der Waals surface area contributed by atoms with E-state index in [-0.39, 0.29) is 5.92 Å². The Labute approximate surface area is 213 Å². The molecule has 0 unspecified atom stereocenters. The molecule has 0 aromatic heterocycles. The van der Waals surface area contributed by atoms with Crippen molar-refractivity contribution >= 4 is 21.5 Å². The highest BCUT2D eigenvalue weighted by molar-refractivity contribution is 5.88. The normalized spacial score (nSPS) is 14.1. The monoisotopic (exact) mass is 475 g/mol. The van der Waals surface area contributed by atoms with Crippen molar-refractivity contribution in [1.82, 2.24) is 4.90 Å². The number of hydrogen-bond acceptors (Lipinski definition) is 3. The van der Waals surface area contributed by atoms with Gasteiger partial charge >= 0.3 is 0 Å². The van der Waals surface area contributed by atoms with Crippen LogP contribution in [0.3, 0.4) is 0 Å². The molecule has 3 nitrogen and oxygen atoms in total. The van der Waals surface area contributed by atoms with E-state index in [4.69, 9.17) is 4.74 Å². The lowest BCUT2D eigenvalue weighted by Gasteiger charge is -2.39. The van der Waals surface area contributed by atoms with Gasteiger partial charge in [-0.1, -0.05) is 97.1 Å². The Morgan fingerprint density at radius 2 is 1.36 bits per heavy atom. The summed E-state index contributed by atoms with van der Waals surface area (Å²) < 4.78 is 5.98. The highest BCUT2D eigenvalue weighted by Gasteiger charge is 2.42. The zero-order chi connectivity index (χ0) is 25.1. The molecule has 5 aromatic carbocycles. The Morgan fingerprint density at radius 1 is 0.750 bits per heavy atom. The molecule has 2 atom stereocenters. The van der Waals surface area contributed by atoms with E-state index in [1.807, 2.05) is 36.4 Å². The maximum Gasteiger partial charge on any atom is 0.123 e. The molecular weight excluding hydrogens is 442 g/mol. The largest absolute Gasteiger partial charge is 0.496 e. The van der Waals surface area contributed by atoms with Crippen LogP contribution in [0.2, 0.25) is 0 Å². The van der Waals surface area contributed by atoms with Crippen molar-refractivity contribution in [2.75, 3.05) is 27.7 Å². The van der Waals surface area contributed by atoms with Gasteiger partial charge in [0.1, 0.15) is 11.4 Å². The average molecular weight is 476 g/mol. The van der Waals surface area contributed by atoms with Gasteiger partial charge in [-0.3, -0.25) is 0 Å². The molecule has 5 aromatic rings. The van der Waals surface area contributed by atoms with Gasteiger partial charge in [-0.15, -0.1) is 0 Å². The van der Waals surface area contributed by atoms with E-state index in [2.05, 4.69) is 91.8 Å².